The van der Waals surface area contributed by atoms with Gasteiger partial charge in [0.15, 0.2) is 11.6 Å². The number of anilines is 3. The van der Waals surface area contributed by atoms with Gasteiger partial charge < -0.3 is 20.1 Å². The van der Waals surface area contributed by atoms with E-state index >= 15 is 0 Å². The van der Waals surface area contributed by atoms with Crippen molar-refractivity contribution in [2.75, 3.05) is 24.9 Å². The molecule has 22 heavy (non-hydrogen) atoms. The SMILES string of the molecule is COc1cccc(OC)c1Nc1nc(Cl)cnc1NC(C)=O. The monoisotopic (exact) mass is 322 g/mol. The van der Waals surface area contributed by atoms with Crippen LogP contribution in [0.25, 0.3) is 0 Å². The molecule has 0 radical (unpaired) electrons. The zero-order valence-corrected chi connectivity index (χ0v) is 13.1. The zero-order chi connectivity index (χ0) is 16.1. The first kappa shape index (κ1) is 15.8. The lowest BCUT2D eigenvalue weighted by molar-refractivity contribution is -0.114. The maximum atomic E-state index is 11.3. The summed E-state index contributed by atoms with van der Waals surface area (Å²) in [6, 6.07) is 5.32. The number of hydrogen-bond donors (Lipinski definition) is 2. The van der Waals surface area contributed by atoms with E-state index in [2.05, 4.69) is 20.6 Å². The summed E-state index contributed by atoms with van der Waals surface area (Å²) < 4.78 is 10.6. The van der Waals surface area contributed by atoms with Crippen LogP contribution in [0, 0.1) is 0 Å². The number of halogens is 1. The Labute approximate surface area is 132 Å². The first-order valence-corrected chi connectivity index (χ1v) is 6.71. The molecule has 0 aliphatic rings. The van der Waals surface area contributed by atoms with Gasteiger partial charge in [-0.15, -0.1) is 0 Å². The highest BCUT2D eigenvalue weighted by Gasteiger charge is 2.15. The number of nitrogens with zero attached hydrogens (tertiary/aromatic N) is 2. The highest BCUT2D eigenvalue weighted by molar-refractivity contribution is 6.29. The van der Waals surface area contributed by atoms with Crippen molar-refractivity contribution in [3.05, 3.63) is 29.5 Å². The first-order valence-electron chi connectivity index (χ1n) is 6.33. The van der Waals surface area contributed by atoms with E-state index in [9.17, 15) is 4.79 Å². The summed E-state index contributed by atoms with van der Waals surface area (Å²) in [5.41, 5.74) is 0.552. The summed E-state index contributed by atoms with van der Waals surface area (Å²) in [7, 11) is 3.08. The number of ether oxygens (including phenoxy) is 2. The molecule has 1 aromatic heterocycles. The summed E-state index contributed by atoms with van der Waals surface area (Å²) in [4.78, 5) is 19.5. The molecule has 0 unspecified atom stereocenters. The molecule has 2 aromatic rings. The number of carbonyl (C=O) groups excluding carboxylic acids is 1. The molecule has 116 valence electrons. The highest BCUT2D eigenvalue weighted by Crippen LogP contribution is 2.37. The molecule has 0 fully saturated rings. The van der Waals surface area contributed by atoms with Gasteiger partial charge >= 0.3 is 0 Å². The van der Waals surface area contributed by atoms with Gasteiger partial charge in [-0.1, -0.05) is 17.7 Å². The lowest BCUT2D eigenvalue weighted by atomic mass is 10.2. The molecule has 2 rings (SSSR count). The maximum Gasteiger partial charge on any atom is 0.222 e. The average Bonchev–Trinajstić information content (AvgIpc) is 2.49. The number of amides is 1. The van der Waals surface area contributed by atoms with E-state index in [0.29, 0.717) is 17.2 Å². The Balaban J connectivity index is 2.46. The van der Waals surface area contributed by atoms with Crippen LogP contribution in [0.15, 0.2) is 24.4 Å². The van der Waals surface area contributed by atoms with E-state index in [1.54, 1.807) is 32.4 Å². The zero-order valence-electron chi connectivity index (χ0n) is 12.3. The van der Waals surface area contributed by atoms with E-state index in [4.69, 9.17) is 21.1 Å². The molecule has 0 bridgehead atoms. The van der Waals surface area contributed by atoms with Crippen LogP contribution in [0.1, 0.15) is 6.92 Å². The van der Waals surface area contributed by atoms with Crippen LogP contribution >= 0.6 is 11.6 Å². The van der Waals surface area contributed by atoms with Crippen molar-refractivity contribution in [1.82, 2.24) is 9.97 Å². The van der Waals surface area contributed by atoms with Crippen LogP contribution in [-0.4, -0.2) is 30.1 Å². The van der Waals surface area contributed by atoms with Crippen molar-refractivity contribution in [2.45, 2.75) is 6.92 Å². The number of aromatic nitrogens is 2. The minimum atomic E-state index is -0.272. The normalized spacial score (nSPS) is 10.0. The molecular formula is C14H15ClN4O3. The molecule has 7 nitrogen and oxygen atoms in total. The van der Waals surface area contributed by atoms with Gasteiger partial charge in [-0.2, -0.15) is 0 Å². The van der Waals surface area contributed by atoms with Crippen LogP contribution in [0.2, 0.25) is 5.15 Å². The molecule has 0 atom stereocenters. The van der Waals surface area contributed by atoms with Crippen LogP contribution < -0.4 is 20.1 Å². The molecule has 1 heterocycles. The molecule has 0 saturated carbocycles. The predicted octanol–water partition coefficient (Wildman–Crippen LogP) is 2.85. The molecule has 0 spiro atoms. The van der Waals surface area contributed by atoms with Gasteiger partial charge in [0.1, 0.15) is 22.3 Å². The van der Waals surface area contributed by atoms with Crippen LogP contribution in [0.4, 0.5) is 17.3 Å². The second-order valence-corrected chi connectivity index (χ2v) is 4.62. The second-order valence-electron chi connectivity index (χ2n) is 4.23. The van der Waals surface area contributed by atoms with E-state index in [1.165, 1.54) is 13.1 Å². The lowest BCUT2D eigenvalue weighted by Gasteiger charge is -2.16. The van der Waals surface area contributed by atoms with E-state index in [-0.39, 0.29) is 22.7 Å². The molecular weight excluding hydrogens is 308 g/mol. The Morgan fingerprint density at radius 2 is 1.82 bits per heavy atom. The highest BCUT2D eigenvalue weighted by atomic mass is 35.5. The summed E-state index contributed by atoms with van der Waals surface area (Å²) in [5.74, 6) is 1.37. The van der Waals surface area contributed by atoms with Crippen molar-refractivity contribution >= 4 is 34.8 Å². The van der Waals surface area contributed by atoms with Gasteiger partial charge in [0.05, 0.1) is 20.4 Å². The van der Waals surface area contributed by atoms with Crippen LogP contribution in [0.3, 0.4) is 0 Å². The fourth-order valence-corrected chi connectivity index (χ4v) is 1.94. The number of hydrogen-bond acceptors (Lipinski definition) is 6. The largest absolute Gasteiger partial charge is 0.494 e. The van der Waals surface area contributed by atoms with Crippen molar-refractivity contribution < 1.29 is 14.3 Å². The predicted molar refractivity (Wildman–Crippen MR) is 84.2 cm³/mol. The number of benzene rings is 1. The molecule has 2 N–H and O–H groups in total. The van der Waals surface area contributed by atoms with Crippen LogP contribution in [-0.2, 0) is 4.79 Å². The average molecular weight is 323 g/mol. The summed E-state index contributed by atoms with van der Waals surface area (Å²) in [5, 5.41) is 5.80. The van der Waals surface area contributed by atoms with Crippen molar-refractivity contribution in [1.29, 1.82) is 0 Å². The van der Waals surface area contributed by atoms with Gasteiger partial charge in [-0.05, 0) is 12.1 Å². The molecule has 1 amide bonds. The fourth-order valence-electron chi connectivity index (χ4n) is 1.81. The smallest absolute Gasteiger partial charge is 0.222 e. The fraction of sp³-hybridized carbons (Fsp3) is 0.214. The molecule has 8 heteroatoms. The van der Waals surface area contributed by atoms with Gasteiger partial charge in [0.2, 0.25) is 5.91 Å². The number of para-hydroxylation sites is 1. The minimum Gasteiger partial charge on any atom is -0.494 e. The first-order chi connectivity index (χ1) is 10.5. The van der Waals surface area contributed by atoms with Crippen molar-refractivity contribution in [3.63, 3.8) is 0 Å². The van der Waals surface area contributed by atoms with Gasteiger partial charge in [-0.3, -0.25) is 4.79 Å². The van der Waals surface area contributed by atoms with E-state index in [1.807, 2.05) is 0 Å². The Kier molecular flexibility index (Phi) is 5.00. The topological polar surface area (TPSA) is 85.4 Å². The summed E-state index contributed by atoms with van der Waals surface area (Å²) in [6.45, 7) is 1.38. The van der Waals surface area contributed by atoms with Crippen molar-refractivity contribution in [2.24, 2.45) is 0 Å². The van der Waals surface area contributed by atoms with Gasteiger partial charge in [0.25, 0.3) is 0 Å². The number of nitrogens with one attached hydrogen (secondary N) is 2. The molecule has 1 aromatic carbocycles. The lowest BCUT2D eigenvalue weighted by Crippen LogP contribution is -2.11. The third-order valence-corrected chi connectivity index (χ3v) is 2.89. The number of rotatable bonds is 5. The van der Waals surface area contributed by atoms with E-state index < -0.39 is 0 Å². The van der Waals surface area contributed by atoms with Gasteiger partial charge in [-0.25, -0.2) is 9.97 Å². The summed E-state index contributed by atoms with van der Waals surface area (Å²) in [6.07, 6.45) is 1.34. The molecule has 0 aliphatic carbocycles. The Morgan fingerprint density at radius 1 is 1.18 bits per heavy atom. The Bertz CT molecular complexity index is 672. The molecule has 0 aliphatic heterocycles. The number of methoxy groups -OCH3 is 2. The Morgan fingerprint density at radius 3 is 2.36 bits per heavy atom. The number of carbonyl (C=O) groups is 1. The molecule has 0 saturated heterocycles. The maximum absolute atomic E-state index is 11.3. The third-order valence-electron chi connectivity index (χ3n) is 2.71. The third kappa shape index (κ3) is 3.56. The summed E-state index contributed by atoms with van der Waals surface area (Å²) >= 11 is 5.88. The standard InChI is InChI=1S/C14H15ClN4O3/c1-8(20)17-13-14(18-11(15)7-16-13)19-12-9(21-2)5-4-6-10(12)22-3/h4-7H,1-3H3,(H,18,19)(H,16,17,20). The van der Waals surface area contributed by atoms with E-state index in [0.717, 1.165) is 0 Å². The quantitative estimate of drug-likeness (QED) is 0.880. The van der Waals surface area contributed by atoms with Gasteiger partial charge in [0, 0.05) is 6.92 Å². The second kappa shape index (κ2) is 6.95. The van der Waals surface area contributed by atoms with Crippen molar-refractivity contribution in [3.8, 4) is 11.5 Å². The minimum absolute atomic E-state index is 0.186. The Hall–Kier alpha value is -2.54. The van der Waals surface area contributed by atoms with Crippen LogP contribution in [0.5, 0.6) is 11.5 Å².